The molecule has 118 valence electrons. The van der Waals surface area contributed by atoms with Gasteiger partial charge in [-0.2, -0.15) is 0 Å². The van der Waals surface area contributed by atoms with E-state index in [1.807, 2.05) is 6.20 Å². The molecule has 2 rings (SSSR count). The Labute approximate surface area is 127 Å². The lowest BCUT2D eigenvalue weighted by molar-refractivity contribution is -0.0463. The number of pyridine rings is 1. The number of aryl methyl sites for hydroxylation is 1. The summed E-state index contributed by atoms with van der Waals surface area (Å²) in [6, 6.07) is 4.33. The first-order valence-corrected chi connectivity index (χ1v) is 8.00. The Morgan fingerprint density at radius 3 is 2.95 bits per heavy atom. The molecule has 5 nitrogen and oxygen atoms in total. The molecule has 0 aliphatic carbocycles. The number of hydrazine groups is 1. The van der Waals surface area contributed by atoms with Gasteiger partial charge in [0.15, 0.2) is 0 Å². The van der Waals surface area contributed by atoms with Crippen LogP contribution in [0, 0.1) is 0 Å². The van der Waals surface area contributed by atoms with Crippen LogP contribution in [-0.4, -0.2) is 48.3 Å². The van der Waals surface area contributed by atoms with Gasteiger partial charge in [0.05, 0.1) is 18.8 Å². The van der Waals surface area contributed by atoms with Crippen molar-refractivity contribution in [2.24, 2.45) is 5.84 Å². The average molecular weight is 292 g/mol. The van der Waals surface area contributed by atoms with Crippen LogP contribution in [0.1, 0.15) is 31.5 Å². The van der Waals surface area contributed by atoms with Crippen LogP contribution in [0.5, 0.6) is 0 Å². The lowest BCUT2D eigenvalue weighted by Gasteiger charge is -2.36. The second-order valence-electron chi connectivity index (χ2n) is 5.70. The Kier molecular flexibility index (Phi) is 6.57. The van der Waals surface area contributed by atoms with Crippen molar-refractivity contribution < 1.29 is 4.74 Å². The van der Waals surface area contributed by atoms with Gasteiger partial charge >= 0.3 is 0 Å². The highest BCUT2D eigenvalue weighted by Crippen LogP contribution is 2.13. The Balaban J connectivity index is 1.94. The third-order valence-corrected chi connectivity index (χ3v) is 4.10. The summed E-state index contributed by atoms with van der Waals surface area (Å²) in [4.78, 5) is 6.97. The van der Waals surface area contributed by atoms with E-state index < -0.39 is 0 Å². The summed E-state index contributed by atoms with van der Waals surface area (Å²) < 4.78 is 5.91. The second-order valence-corrected chi connectivity index (χ2v) is 5.70. The summed E-state index contributed by atoms with van der Waals surface area (Å²) in [6.45, 7) is 8.22. The van der Waals surface area contributed by atoms with Gasteiger partial charge in [-0.05, 0) is 31.0 Å². The molecular weight excluding hydrogens is 264 g/mol. The predicted octanol–water partition coefficient (Wildman–Crippen LogP) is 1.13. The molecule has 21 heavy (non-hydrogen) atoms. The van der Waals surface area contributed by atoms with E-state index in [4.69, 9.17) is 10.6 Å². The molecule has 1 saturated heterocycles. The second kappa shape index (κ2) is 8.44. The number of nitrogens with zero attached hydrogens (tertiary/aromatic N) is 2. The first kappa shape index (κ1) is 16.4. The van der Waals surface area contributed by atoms with Crippen LogP contribution in [0.2, 0.25) is 0 Å². The number of ether oxygens (including phenoxy) is 1. The third-order valence-electron chi connectivity index (χ3n) is 4.10. The fourth-order valence-electron chi connectivity index (χ4n) is 2.80. The van der Waals surface area contributed by atoms with Crippen molar-refractivity contribution >= 4 is 0 Å². The van der Waals surface area contributed by atoms with Gasteiger partial charge in [0.25, 0.3) is 0 Å². The molecule has 2 heterocycles. The number of nitrogens with two attached hydrogens (primary N) is 1. The fraction of sp³-hybridized carbons (Fsp3) is 0.688. The van der Waals surface area contributed by atoms with Gasteiger partial charge in [-0.3, -0.25) is 21.2 Å². The summed E-state index contributed by atoms with van der Waals surface area (Å²) in [5.41, 5.74) is 5.24. The lowest BCUT2D eigenvalue weighted by Crippen LogP contribution is -2.55. The fourth-order valence-corrected chi connectivity index (χ4v) is 2.80. The maximum absolute atomic E-state index is 5.91. The quantitative estimate of drug-likeness (QED) is 0.583. The number of rotatable bonds is 7. The topological polar surface area (TPSA) is 63.4 Å². The molecule has 0 amide bonds. The largest absolute Gasteiger partial charge is 0.374 e. The van der Waals surface area contributed by atoms with Crippen LogP contribution < -0.4 is 11.3 Å². The molecule has 1 aromatic rings. The minimum atomic E-state index is 0.102. The minimum absolute atomic E-state index is 0.102. The summed E-state index contributed by atoms with van der Waals surface area (Å²) in [6.07, 6.45) is 5.07. The first-order valence-electron chi connectivity index (χ1n) is 8.00. The Bertz CT molecular complexity index is 407. The summed E-state index contributed by atoms with van der Waals surface area (Å²) >= 11 is 0. The van der Waals surface area contributed by atoms with Crippen molar-refractivity contribution in [3.63, 3.8) is 0 Å². The van der Waals surface area contributed by atoms with Gasteiger partial charge < -0.3 is 4.74 Å². The zero-order valence-electron chi connectivity index (χ0n) is 13.2. The molecule has 2 unspecified atom stereocenters. The monoisotopic (exact) mass is 292 g/mol. The average Bonchev–Trinajstić information content (AvgIpc) is 2.54. The van der Waals surface area contributed by atoms with Gasteiger partial charge in [0.2, 0.25) is 0 Å². The molecule has 1 aromatic heterocycles. The van der Waals surface area contributed by atoms with Crippen molar-refractivity contribution in [2.75, 3.05) is 26.2 Å². The number of nitrogens with one attached hydrogen (secondary N) is 1. The zero-order valence-corrected chi connectivity index (χ0v) is 13.2. The molecule has 3 N–H and O–H groups in total. The summed E-state index contributed by atoms with van der Waals surface area (Å²) in [7, 11) is 0. The normalized spacial score (nSPS) is 21.4. The molecule has 1 fully saturated rings. The number of hydrogen-bond acceptors (Lipinski definition) is 5. The lowest BCUT2D eigenvalue weighted by atomic mass is 10.0. The van der Waals surface area contributed by atoms with Gasteiger partial charge in [-0.25, -0.2) is 0 Å². The number of morpholine rings is 1. The zero-order chi connectivity index (χ0) is 15.1. The van der Waals surface area contributed by atoms with E-state index >= 15 is 0 Å². The standard InChI is InChI=1S/C16H28N4O/c1-3-7-20-8-9-21-16(12-20)15(19-17)10-14-6-5-13(4-2)11-18-14/h5-6,11,15-16,19H,3-4,7-10,12,17H2,1-2H3. The van der Waals surface area contributed by atoms with E-state index in [-0.39, 0.29) is 12.1 Å². The third kappa shape index (κ3) is 4.74. The van der Waals surface area contributed by atoms with Crippen molar-refractivity contribution in [2.45, 2.75) is 45.3 Å². The van der Waals surface area contributed by atoms with Crippen molar-refractivity contribution in [1.82, 2.24) is 15.3 Å². The van der Waals surface area contributed by atoms with Crippen LogP contribution in [-0.2, 0) is 17.6 Å². The Hall–Kier alpha value is -1.01. The minimum Gasteiger partial charge on any atom is -0.374 e. The highest BCUT2D eigenvalue weighted by Gasteiger charge is 2.27. The highest BCUT2D eigenvalue weighted by atomic mass is 16.5. The van der Waals surface area contributed by atoms with Gasteiger partial charge in [0.1, 0.15) is 0 Å². The first-order chi connectivity index (χ1) is 10.3. The Morgan fingerprint density at radius 1 is 1.48 bits per heavy atom. The molecule has 1 aliphatic rings. The van der Waals surface area contributed by atoms with Gasteiger partial charge in [-0.15, -0.1) is 0 Å². The molecule has 0 saturated carbocycles. The van der Waals surface area contributed by atoms with Gasteiger partial charge in [0, 0.05) is 31.4 Å². The van der Waals surface area contributed by atoms with E-state index in [1.54, 1.807) is 0 Å². The van der Waals surface area contributed by atoms with Crippen molar-refractivity contribution in [1.29, 1.82) is 0 Å². The van der Waals surface area contributed by atoms with Crippen LogP contribution >= 0.6 is 0 Å². The van der Waals surface area contributed by atoms with E-state index in [2.05, 4.69) is 41.3 Å². The maximum Gasteiger partial charge on any atom is 0.0872 e. The molecular formula is C16H28N4O. The van der Waals surface area contributed by atoms with E-state index in [0.717, 1.165) is 44.8 Å². The van der Waals surface area contributed by atoms with E-state index in [1.165, 1.54) is 12.0 Å². The van der Waals surface area contributed by atoms with Crippen LogP contribution in [0.3, 0.4) is 0 Å². The molecule has 0 bridgehead atoms. The summed E-state index contributed by atoms with van der Waals surface area (Å²) in [5.74, 6) is 5.75. The van der Waals surface area contributed by atoms with Crippen LogP contribution in [0.4, 0.5) is 0 Å². The van der Waals surface area contributed by atoms with Crippen LogP contribution in [0.15, 0.2) is 18.3 Å². The highest BCUT2D eigenvalue weighted by molar-refractivity contribution is 5.15. The molecule has 0 radical (unpaired) electrons. The smallest absolute Gasteiger partial charge is 0.0872 e. The maximum atomic E-state index is 5.91. The van der Waals surface area contributed by atoms with Crippen molar-refractivity contribution in [3.05, 3.63) is 29.6 Å². The van der Waals surface area contributed by atoms with E-state index in [9.17, 15) is 0 Å². The predicted molar refractivity (Wildman–Crippen MR) is 84.9 cm³/mol. The summed E-state index contributed by atoms with van der Waals surface area (Å²) in [5, 5.41) is 0. The van der Waals surface area contributed by atoms with Gasteiger partial charge in [-0.1, -0.05) is 19.9 Å². The van der Waals surface area contributed by atoms with E-state index in [0.29, 0.717) is 0 Å². The SMILES string of the molecule is CCCN1CCOC(C(Cc2ccc(CC)cn2)NN)C1. The number of hydrogen-bond donors (Lipinski definition) is 2. The molecule has 1 aliphatic heterocycles. The number of aromatic nitrogens is 1. The molecule has 2 atom stereocenters. The molecule has 0 aromatic carbocycles. The Morgan fingerprint density at radius 2 is 2.33 bits per heavy atom. The molecule has 0 spiro atoms. The van der Waals surface area contributed by atoms with Crippen LogP contribution in [0.25, 0.3) is 0 Å². The van der Waals surface area contributed by atoms with Crippen molar-refractivity contribution in [3.8, 4) is 0 Å². The molecule has 5 heteroatoms.